The normalized spacial score (nSPS) is 16.5. The Balaban J connectivity index is 1.81. The highest BCUT2D eigenvalue weighted by Gasteiger charge is 2.48. The first-order valence-electron chi connectivity index (χ1n) is 17.7. The van der Waals surface area contributed by atoms with E-state index in [-0.39, 0.29) is 57.8 Å². The van der Waals surface area contributed by atoms with E-state index in [0.29, 0.717) is 19.4 Å². The number of carbonyl (C=O) groups is 5. The first-order valence-corrected chi connectivity index (χ1v) is 19.6. The molecule has 3 rings (SSSR count). The average molecular weight is 744 g/mol. The third kappa shape index (κ3) is 12.5. The van der Waals surface area contributed by atoms with E-state index in [9.17, 15) is 32.4 Å². The highest BCUT2D eigenvalue weighted by Crippen LogP contribution is 2.17. The number of carbonyl (C=O) groups excluding carboxylic acids is 5. The SMILES string of the molecule is CC(C)C[C@@H](NC(=O)[C@@H](Cc1ccccc1)NC(=O)[C@H](N)Cc1ccccc1)C(=O)N[C@H](CCCCN)C(=O)NC(=O)[N+]1(S(C)(=O)=O)CCNCC1. The second-order valence-corrected chi connectivity index (χ2v) is 15.9. The molecule has 0 unspecified atom stereocenters. The fourth-order valence-corrected chi connectivity index (χ4v) is 7.24. The molecule has 1 aliphatic rings. The molecular formula is C36H55N8O7S+. The van der Waals surface area contributed by atoms with Gasteiger partial charge in [-0.15, -0.1) is 3.89 Å². The van der Waals surface area contributed by atoms with Crippen molar-refractivity contribution in [2.45, 2.75) is 76.5 Å². The standard InChI is InChI=1S/C36H54N8O7S/c1-25(2)22-30(34(47)40-29(16-10-11-17-37)33(46)43-36(49)44(52(3,50)51)20-18-39-19-21-44)42-35(48)31(24-27-14-8-5-9-15-27)41-32(45)28(38)23-26-12-6-4-7-13-26/h4-9,12-15,25,28-31,39H,10-11,16-24,37-38H2,1-3H3,(H3-,40,41,42,43,45,46,47,48,49)/p+1/t28-,29-,30-,31-/m1/s1. The molecule has 1 heterocycles. The summed E-state index contributed by atoms with van der Waals surface area (Å²) in [6.07, 6.45) is 2.57. The molecule has 0 spiro atoms. The van der Waals surface area contributed by atoms with Gasteiger partial charge in [-0.2, -0.15) is 8.42 Å². The van der Waals surface area contributed by atoms with Crippen LogP contribution in [0.1, 0.15) is 50.7 Å². The summed E-state index contributed by atoms with van der Waals surface area (Å²) in [5, 5.41) is 13.5. The quantitative estimate of drug-likeness (QED) is 0.0801. The molecule has 0 bridgehead atoms. The summed E-state index contributed by atoms with van der Waals surface area (Å²) in [5.41, 5.74) is 13.5. The zero-order valence-corrected chi connectivity index (χ0v) is 31.1. The number of nitrogens with one attached hydrogen (secondary N) is 5. The van der Waals surface area contributed by atoms with Crippen LogP contribution < -0.4 is 38.1 Å². The molecule has 16 heteroatoms. The van der Waals surface area contributed by atoms with Crippen LogP contribution in [-0.4, -0.2) is 105 Å². The van der Waals surface area contributed by atoms with Gasteiger partial charge in [0.15, 0.2) is 0 Å². The smallest absolute Gasteiger partial charge is 0.343 e. The van der Waals surface area contributed by atoms with Gasteiger partial charge in [0.1, 0.15) is 31.2 Å². The van der Waals surface area contributed by atoms with Crippen molar-refractivity contribution in [2.75, 3.05) is 39.0 Å². The molecule has 2 aromatic carbocycles. The Kier molecular flexibility index (Phi) is 16.3. The van der Waals surface area contributed by atoms with Crippen molar-refractivity contribution < 1.29 is 36.3 Å². The third-order valence-electron chi connectivity index (χ3n) is 9.01. The maximum atomic E-state index is 13.9. The van der Waals surface area contributed by atoms with Crippen LogP contribution >= 0.6 is 0 Å². The molecule has 4 atom stereocenters. The van der Waals surface area contributed by atoms with Gasteiger partial charge < -0.3 is 32.7 Å². The van der Waals surface area contributed by atoms with Gasteiger partial charge in [0.05, 0.1) is 12.3 Å². The van der Waals surface area contributed by atoms with E-state index in [1.807, 2.05) is 74.5 Å². The summed E-state index contributed by atoms with van der Waals surface area (Å²) >= 11 is 0. The number of hydrogen-bond acceptors (Lipinski definition) is 10. The number of nitrogens with two attached hydrogens (primary N) is 2. The number of urea groups is 1. The topological polar surface area (TPSA) is 232 Å². The van der Waals surface area contributed by atoms with E-state index in [1.165, 1.54) is 0 Å². The number of nitrogens with zero attached hydrogens (tertiary/aromatic N) is 1. The van der Waals surface area contributed by atoms with Gasteiger partial charge in [0, 0.05) is 19.5 Å². The molecule has 1 fully saturated rings. The van der Waals surface area contributed by atoms with Gasteiger partial charge in [-0.3, -0.25) is 19.2 Å². The fraction of sp³-hybridized carbons (Fsp3) is 0.528. The van der Waals surface area contributed by atoms with Crippen molar-refractivity contribution in [3.8, 4) is 0 Å². The van der Waals surface area contributed by atoms with Crippen molar-refractivity contribution in [1.29, 1.82) is 0 Å². The van der Waals surface area contributed by atoms with E-state index in [1.54, 1.807) is 0 Å². The van der Waals surface area contributed by atoms with Gasteiger partial charge in [-0.1, -0.05) is 74.5 Å². The van der Waals surface area contributed by atoms with Crippen molar-refractivity contribution in [2.24, 2.45) is 17.4 Å². The minimum atomic E-state index is -3.96. The lowest BCUT2D eigenvalue weighted by Gasteiger charge is -2.36. The van der Waals surface area contributed by atoms with E-state index >= 15 is 0 Å². The predicted octanol–water partition coefficient (Wildman–Crippen LogP) is 0.0444. The zero-order chi connectivity index (χ0) is 38.3. The third-order valence-corrected chi connectivity index (χ3v) is 10.8. The number of piperazine rings is 1. The number of hydrogen-bond donors (Lipinski definition) is 7. The molecule has 52 heavy (non-hydrogen) atoms. The summed E-state index contributed by atoms with van der Waals surface area (Å²) in [6, 6.07) is 13.0. The molecule has 286 valence electrons. The number of imide groups is 1. The number of quaternary nitrogens is 1. The Labute approximate surface area is 306 Å². The Morgan fingerprint density at radius 1 is 0.750 bits per heavy atom. The minimum absolute atomic E-state index is 0.0670. The van der Waals surface area contributed by atoms with Gasteiger partial charge in [-0.05, 0) is 55.7 Å². The van der Waals surface area contributed by atoms with Gasteiger partial charge in [-0.25, -0.2) is 10.1 Å². The Morgan fingerprint density at radius 3 is 1.81 bits per heavy atom. The summed E-state index contributed by atoms with van der Waals surface area (Å²) in [5.74, 6) is -2.78. The van der Waals surface area contributed by atoms with Crippen LogP contribution in [0.25, 0.3) is 0 Å². The molecule has 0 aliphatic carbocycles. The minimum Gasteiger partial charge on any atom is -0.343 e. The van der Waals surface area contributed by atoms with Crippen molar-refractivity contribution in [3.63, 3.8) is 0 Å². The van der Waals surface area contributed by atoms with Crippen LogP contribution in [0.2, 0.25) is 0 Å². The van der Waals surface area contributed by atoms with Crippen LogP contribution in [0.4, 0.5) is 4.79 Å². The number of amides is 6. The van der Waals surface area contributed by atoms with Crippen LogP contribution in [0.5, 0.6) is 0 Å². The number of benzene rings is 2. The van der Waals surface area contributed by atoms with Crippen molar-refractivity contribution in [1.82, 2.24) is 26.6 Å². The molecule has 0 radical (unpaired) electrons. The summed E-state index contributed by atoms with van der Waals surface area (Å²) in [7, 11) is -3.96. The molecule has 2 aromatic rings. The predicted molar refractivity (Wildman–Crippen MR) is 198 cm³/mol. The summed E-state index contributed by atoms with van der Waals surface area (Å²) in [4.78, 5) is 67.9. The number of rotatable bonds is 18. The molecule has 9 N–H and O–H groups in total. The van der Waals surface area contributed by atoms with Crippen LogP contribution in [0.15, 0.2) is 60.7 Å². The highest BCUT2D eigenvalue weighted by molar-refractivity contribution is 7.85. The monoisotopic (exact) mass is 743 g/mol. The van der Waals surface area contributed by atoms with E-state index in [2.05, 4.69) is 26.6 Å². The second kappa shape index (κ2) is 20.1. The first kappa shape index (κ1) is 42.2. The van der Waals surface area contributed by atoms with Crippen molar-refractivity contribution >= 4 is 39.7 Å². The molecule has 15 nitrogen and oxygen atoms in total. The highest BCUT2D eigenvalue weighted by atomic mass is 32.2. The van der Waals surface area contributed by atoms with E-state index in [0.717, 1.165) is 17.4 Å². The zero-order valence-electron chi connectivity index (χ0n) is 30.3. The van der Waals surface area contributed by atoms with Gasteiger partial charge in [0.25, 0.3) is 5.91 Å². The van der Waals surface area contributed by atoms with E-state index < -0.39 is 67.7 Å². The lowest BCUT2D eigenvalue weighted by Crippen LogP contribution is -2.68. The molecule has 6 amide bonds. The number of sulfonamides is 1. The average Bonchev–Trinajstić information content (AvgIpc) is 3.11. The van der Waals surface area contributed by atoms with Crippen LogP contribution in [0.3, 0.4) is 0 Å². The van der Waals surface area contributed by atoms with Crippen molar-refractivity contribution in [3.05, 3.63) is 71.8 Å². The maximum absolute atomic E-state index is 13.9. The van der Waals surface area contributed by atoms with Crippen LogP contribution in [0, 0.1) is 5.92 Å². The van der Waals surface area contributed by atoms with Gasteiger partial charge >= 0.3 is 16.1 Å². The Morgan fingerprint density at radius 2 is 1.27 bits per heavy atom. The Bertz CT molecular complexity index is 1600. The largest absolute Gasteiger partial charge is 0.438 e. The molecule has 1 aliphatic heterocycles. The molecule has 1 saturated heterocycles. The van der Waals surface area contributed by atoms with Crippen LogP contribution in [-0.2, 0) is 42.0 Å². The Hall–Kier alpha value is -4.22. The molecule has 0 saturated carbocycles. The molecule has 0 aromatic heterocycles. The lowest BCUT2D eigenvalue weighted by atomic mass is 9.99. The number of unbranched alkanes of at least 4 members (excludes halogenated alkanes) is 1. The van der Waals surface area contributed by atoms with E-state index in [4.69, 9.17) is 11.5 Å². The second-order valence-electron chi connectivity index (χ2n) is 13.7. The summed E-state index contributed by atoms with van der Waals surface area (Å²) < 4.78 is 24.6. The first-order chi connectivity index (χ1) is 24.7. The lowest BCUT2D eigenvalue weighted by molar-refractivity contribution is -0.724. The summed E-state index contributed by atoms with van der Waals surface area (Å²) in [6.45, 7) is 4.44. The fourth-order valence-electron chi connectivity index (χ4n) is 6.04. The maximum Gasteiger partial charge on any atom is 0.438 e. The molecular weight excluding hydrogens is 689 g/mol. The van der Waals surface area contributed by atoms with Gasteiger partial charge in [0.2, 0.25) is 17.7 Å².